The van der Waals surface area contributed by atoms with Gasteiger partial charge in [0.2, 0.25) is 0 Å². The van der Waals surface area contributed by atoms with Gasteiger partial charge in [-0.05, 0) is 24.5 Å². The van der Waals surface area contributed by atoms with Gasteiger partial charge in [-0.2, -0.15) is 5.26 Å². The summed E-state index contributed by atoms with van der Waals surface area (Å²) >= 11 is 0. The number of rotatable bonds is 7. The molecule has 23 heavy (non-hydrogen) atoms. The van der Waals surface area contributed by atoms with Crippen molar-refractivity contribution < 1.29 is 19.8 Å². The van der Waals surface area contributed by atoms with Crippen molar-refractivity contribution in [3.63, 3.8) is 0 Å². The lowest BCUT2D eigenvalue weighted by Gasteiger charge is -2.15. The van der Waals surface area contributed by atoms with Crippen LogP contribution >= 0.6 is 0 Å². The fraction of sp³-hybridized carbons (Fsp3) is 0.312. The Morgan fingerprint density at radius 2 is 2.09 bits per heavy atom. The van der Waals surface area contributed by atoms with Crippen LogP contribution in [0, 0.1) is 17.2 Å². The lowest BCUT2D eigenvalue weighted by molar-refractivity contribution is -0.139. The summed E-state index contributed by atoms with van der Waals surface area (Å²) < 4.78 is 0. The smallest absolute Gasteiger partial charge is 0.326 e. The Bertz CT molecular complexity index is 647. The molecule has 0 spiro atoms. The number of aliphatic carboxylic acids is 1. The van der Waals surface area contributed by atoms with Crippen molar-refractivity contribution >= 4 is 17.6 Å². The Labute approximate surface area is 134 Å². The zero-order valence-electron chi connectivity index (χ0n) is 12.9. The lowest BCUT2D eigenvalue weighted by Crippen LogP contribution is -2.35. The van der Waals surface area contributed by atoms with Crippen LogP contribution < -0.4 is 10.6 Å². The number of anilines is 1. The lowest BCUT2D eigenvalue weighted by atomic mass is 10.0. The van der Waals surface area contributed by atoms with Gasteiger partial charge in [-0.25, -0.2) is 4.79 Å². The monoisotopic (exact) mass is 317 g/mol. The van der Waals surface area contributed by atoms with Crippen LogP contribution in [0.15, 0.2) is 36.0 Å². The normalized spacial score (nSPS) is 12.3. The summed E-state index contributed by atoms with van der Waals surface area (Å²) in [5.41, 5.74) is 0.0662. The first kappa shape index (κ1) is 18.0. The zero-order chi connectivity index (χ0) is 17.4. The van der Waals surface area contributed by atoms with Crippen LogP contribution in [0.3, 0.4) is 0 Å². The van der Waals surface area contributed by atoms with E-state index in [4.69, 9.17) is 10.4 Å². The number of carboxylic acid groups (broad SMARTS) is 1. The highest BCUT2D eigenvalue weighted by atomic mass is 16.4. The molecule has 1 atom stereocenters. The number of aromatic hydroxyl groups is 1. The number of carbonyl (C=O) groups excluding carboxylic acids is 1. The highest BCUT2D eigenvalue weighted by Crippen LogP contribution is 2.16. The highest BCUT2D eigenvalue weighted by molar-refractivity contribution is 6.06. The number of amides is 1. The summed E-state index contributed by atoms with van der Waals surface area (Å²) in [5, 5.41) is 32.5. The van der Waals surface area contributed by atoms with Crippen LogP contribution in [-0.4, -0.2) is 28.1 Å². The zero-order valence-corrected chi connectivity index (χ0v) is 12.9. The topological polar surface area (TPSA) is 122 Å². The predicted molar refractivity (Wildman–Crippen MR) is 84.4 cm³/mol. The van der Waals surface area contributed by atoms with Crippen molar-refractivity contribution in [2.75, 3.05) is 5.32 Å². The average Bonchev–Trinajstić information content (AvgIpc) is 2.46. The third-order valence-electron chi connectivity index (χ3n) is 2.90. The quantitative estimate of drug-likeness (QED) is 0.449. The summed E-state index contributed by atoms with van der Waals surface area (Å²) in [4.78, 5) is 23.1. The van der Waals surface area contributed by atoms with Crippen molar-refractivity contribution in [3.8, 4) is 11.8 Å². The van der Waals surface area contributed by atoms with Crippen LogP contribution in [0.1, 0.15) is 20.3 Å². The van der Waals surface area contributed by atoms with E-state index in [0.29, 0.717) is 12.1 Å². The second-order valence-corrected chi connectivity index (χ2v) is 5.36. The standard InChI is InChI=1S/C16H19N3O4/c1-10(2)6-14(16(22)23)18-9-11(8-17)15(21)19-12-4-3-5-13(20)7-12/h3-5,7,9-10,14,18,20H,6H2,1-2H3,(H,19,21)(H,22,23)/b11-9-. The third-order valence-corrected chi connectivity index (χ3v) is 2.90. The highest BCUT2D eigenvalue weighted by Gasteiger charge is 2.18. The number of phenols is 1. The van der Waals surface area contributed by atoms with E-state index in [1.807, 2.05) is 13.8 Å². The van der Waals surface area contributed by atoms with E-state index in [1.54, 1.807) is 18.2 Å². The van der Waals surface area contributed by atoms with E-state index < -0.39 is 17.9 Å². The number of nitrogens with zero attached hydrogens (tertiary/aromatic N) is 1. The van der Waals surface area contributed by atoms with Gasteiger partial charge in [0.05, 0.1) is 0 Å². The number of hydrogen-bond donors (Lipinski definition) is 4. The van der Waals surface area contributed by atoms with Crippen LogP contribution in [0.4, 0.5) is 5.69 Å². The number of hydrogen-bond acceptors (Lipinski definition) is 5. The molecular weight excluding hydrogens is 298 g/mol. The second-order valence-electron chi connectivity index (χ2n) is 5.36. The molecule has 1 aromatic carbocycles. The first-order valence-corrected chi connectivity index (χ1v) is 7.03. The molecule has 0 aliphatic rings. The molecule has 0 bridgehead atoms. The Morgan fingerprint density at radius 1 is 1.39 bits per heavy atom. The minimum absolute atomic E-state index is 0.0220. The predicted octanol–water partition coefficient (Wildman–Crippen LogP) is 1.83. The molecule has 1 amide bonds. The molecule has 1 unspecified atom stereocenters. The minimum atomic E-state index is -1.05. The van der Waals surface area contributed by atoms with Gasteiger partial charge >= 0.3 is 5.97 Å². The Hall–Kier alpha value is -3.01. The van der Waals surface area contributed by atoms with Gasteiger partial charge < -0.3 is 20.8 Å². The number of nitrogens with one attached hydrogen (secondary N) is 2. The van der Waals surface area contributed by atoms with Gasteiger partial charge in [0.25, 0.3) is 5.91 Å². The Kier molecular flexibility index (Phi) is 6.62. The summed E-state index contributed by atoms with van der Waals surface area (Å²) in [6, 6.07) is 6.71. The molecule has 0 aliphatic carbocycles. The fourth-order valence-electron chi connectivity index (χ4n) is 1.83. The van der Waals surface area contributed by atoms with E-state index in [2.05, 4.69) is 10.6 Å². The van der Waals surface area contributed by atoms with Crippen LogP contribution in [0.5, 0.6) is 5.75 Å². The van der Waals surface area contributed by atoms with E-state index in [9.17, 15) is 14.7 Å². The summed E-state index contributed by atoms with van der Waals surface area (Å²) in [5.74, 6) is -1.63. The number of nitriles is 1. The van der Waals surface area contributed by atoms with Gasteiger partial charge in [0, 0.05) is 18.0 Å². The number of carbonyl (C=O) groups is 2. The molecule has 1 rings (SSSR count). The third kappa shape index (κ3) is 6.09. The van der Waals surface area contributed by atoms with E-state index in [1.165, 1.54) is 12.1 Å². The Morgan fingerprint density at radius 3 is 2.61 bits per heavy atom. The number of phenolic OH excluding ortho intramolecular Hbond substituents is 1. The molecule has 0 saturated heterocycles. The second kappa shape index (κ2) is 8.44. The van der Waals surface area contributed by atoms with Gasteiger partial charge in [-0.15, -0.1) is 0 Å². The SMILES string of the molecule is CC(C)CC(N/C=C(/C#N)C(=O)Nc1cccc(O)c1)C(=O)O. The van der Waals surface area contributed by atoms with Crippen molar-refractivity contribution in [3.05, 3.63) is 36.0 Å². The molecule has 4 N–H and O–H groups in total. The molecule has 7 heteroatoms. The summed E-state index contributed by atoms with van der Waals surface area (Å²) in [7, 11) is 0. The fourth-order valence-corrected chi connectivity index (χ4v) is 1.83. The maximum Gasteiger partial charge on any atom is 0.326 e. The van der Waals surface area contributed by atoms with Crippen molar-refractivity contribution in [1.29, 1.82) is 5.26 Å². The van der Waals surface area contributed by atoms with Gasteiger partial charge in [0.15, 0.2) is 0 Å². The maximum atomic E-state index is 12.0. The average molecular weight is 317 g/mol. The molecule has 0 fully saturated rings. The summed E-state index contributed by atoms with van der Waals surface area (Å²) in [6.45, 7) is 3.75. The van der Waals surface area contributed by atoms with E-state index in [-0.39, 0.29) is 17.2 Å². The molecule has 0 aromatic heterocycles. The van der Waals surface area contributed by atoms with Crippen molar-refractivity contribution in [2.24, 2.45) is 5.92 Å². The summed E-state index contributed by atoms with van der Waals surface area (Å²) in [6.07, 6.45) is 1.46. The van der Waals surface area contributed by atoms with Crippen LogP contribution in [0.25, 0.3) is 0 Å². The Balaban J connectivity index is 2.79. The molecule has 0 aliphatic heterocycles. The number of benzene rings is 1. The number of carboxylic acids is 1. The molecule has 7 nitrogen and oxygen atoms in total. The van der Waals surface area contributed by atoms with Crippen LogP contribution in [0.2, 0.25) is 0 Å². The van der Waals surface area contributed by atoms with Crippen LogP contribution in [-0.2, 0) is 9.59 Å². The van der Waals surface area contributed by atoms with Gasteiger partial charge in [-0.1, -0.05) is 19.9 Å². The molecular formula is C16H19N3O4. The van der Waals surface area contributed by atoms with Crippen molar-refractivity contribution in [1.82, 2.24) is 5.32 Å². The molecule has 1 aromatic rings. The molecule has 0 radical (unpaired) electrons. The van der Waals surface area contributed by atoms with E-state index in [0.717, 1.165) is 6.20 Å². The first-order valence-electron chi connectivity index (χ1n) is 7.03. The maximum absolute atomic E-state index is 12.0. The minimum Gasteiger partial charge on any atom is -0.508 e. The first-order chi connectivity index (χ1) is 10.8. The van der Waals surface area contributed by atoms with Gasteiger partial charge in [-0.3, -0.25) is 4.79 Å². The van der Waals surface area contributed by atoms with Gasteiger partial charge in [0.1, 0.15) is 23.4 Å². The molecule has 0 heterocycles. The molecule has 122 valence electrons. The molecule has 0 saturated carbocycles. The largest absolute Gasteiger partial charge is 0.508 e. The van der Waals surface area contributed by atoms with Crippen molar-refractivity contribution in [2.45, 2.75) is 26.3 Å². The van der Waals surface area contributed by atoms with E-state index >= 15 is 0 Å².